The fourth-order valence-corrected chi connectivity index (χ4v) is 2.75. The Bertz CT molecular complexity index is 676. The number of hydrogen-bond donors (Lipinski definition) is 1. The van der Waals surface area contributed by atoms with Gasteiger partial charge in [0.15, 0.2) is 0 Å². The number of amides is 1. The van der Waals surface area contributed by atoms with Gasteiger partial charge in [-0.25, -0.2) is 0 Å². The van der Waals surface area contributed by atoms with E-state index in [-0.39, 0.29) is 5.91 Å². The average molecular weight is 281 g/mol. The molecule has 1 atom stereocenters. The van der Waals surface area contributed by atoms with Crippen molar-refractivity contribution in [3.8, 4) is 0 Å². The molecule has 3 rings (SSSR count). The highest BCUT2D eigenvalue weighted by Gasteiger charge is 2.22. The van der Waals surface area contributed by atoms with Crippen molar-refractivity contribution in [2.45, 2.75) is 33.0 Å². The molecule has 0 bridgehead atoms. The summed E-state index contributed by atoms with van der Waals surface area (Å²) in [6, 6.07) is 13.9. The Morgan fingerprint density at radius 3 is 2.33 bits per heavy atom. The molecular weight excluding hydrogens is 262 g/mol. The zero-order valence-corrected chi connectivity index (χ0v) is 12.3. The fourth-order valence-electron chi connectivity index (χ4n) is 2.75. The predicted molar refractivity (Wildman–Crippen MR) is 81.6 cm³/mol. The maximum Gasteiger partial charge on any atom is 0.220 e. The molecule has 1 amide bonds. The molecule has 2 aromatic rings. The summed E-state index contributed by atoms with van der Waals surface area (Å²) in [7, 11) is 0. The van der Waals surface area contributed by atoms with Crippen LogP contribution in [0.15, 0.2) is 42.5 Å². The van der Waals surface area contributed by atoms with E-state index in [2.05, 4.69) is 0 Å². The van der Waals surface area contributed by atoms with E-state index in [1.165, 1.54) is 11.1 Å². The summed E-state index contributed by atoms with van der Waals surface area (Å²) in [6.07, 6.45) is -0.623. The number of rotatable bonds is 2. The Balaban J connectivity index is 1.86. The van der Waals surface area contributed by atoms with Gasteiger partial charge in [-0.2, -0.15) is 0 Å². The zero-order valence-electron chi connectivity index (χ0n) is 12.3. The van der Waals surface area contributed by atoms with Gasteiger partial charge in [0.25, 0.3) is 0 Å². The van der Waals surface area contributed by atoms with Crippen LogP contribution in [0.4, 0.5) is 0 Å². The second-order valence-corrected chi connectivity index (χ2v) is 5.72. The summed E-state index contributed by atoms with van der Waals surface area (Å²) in [5.41, 5.74) is 5.25. The van der Waals surface area contributed by atoms with Crippen molar-refractivity contribution in [2.24, 2.45) is 0 Å². The van der Waals surface area contributed by atoms with Gasteiger partial charge in [-0.15, -0.1) is 0 Å². The van der Waals surface area contributed by atoms with Crippen LogP contribution in [0, 0.1) is 6.92 Å². The lowest BCUT2D eigenvalue weighted by molar-refractivity contribution is -0.129. The fraction of sp³-hybridized carbons (Fsp3) is 0.278. The highest BCUT2D eigenvalue weighted by molar-refractivity contribution is 5.74. The Labute approximate surface area is 124 Å². The first-order valence-electron chi connectivity index (χ1n) is 7.16. The summed E-state index contributed by atoms with van der Waals surface area (Å²) in [5.74, 6) is 0.0897. The highest BCUT2D eigenvalue weighted by Crippen LogP contribution is 2.28. The first-order chi connectivity index (χ1) is 10.0. The summed E-state index contributed by atoms with van der Waals surface area (Å²) < 4.78 is 0. The molecule has 0 saturated carbocycles. The van der Waals surface area contributed by atoms with E-state index in [0.29, 0.717) is 13.1 Å². The van der Waals surface area contributed by atoms with E-state index in [9.17, 15) is 9.90 Å². The first-order valence-corrected chi connectivity index (χ1v) is 7.16. The van der Waals surface area contributed by atoms with Crippen LogP contribution in [0.3, 0.4) is 0 Å². The van der Waals surface area contributed by atoms with Crippen LogP contribution in [0.5, 0.6) is 0 Å². The molecule has 1 aliphatic rings. The van der Waals surface area contributed by atoms with Gasteiger partial charge in [-0.05, 0) is 29.2 Å². The Morgan fingerprint density at radius 1 is 1.05 bits per heavy atom. The van der Waals surface area contributed by atoms with E-state index in [1.807, 2.05) is 54.3 Å². The Kier molecular flexibility index (Phi) is 3.52. The number of carbonyl (C=O) groups excluding carboxylic acids is 1. The number of hydrogen-bond acceptors (Lipinski definition) is 2. The standard InChI is InChI=1S/C18H19NO2/c1-12-3-5-14(6-4-12)18(21)15-7-8-16-10-19(13(2)20)11-17(16)9-15/h3-9,18,21H,10-11H2,1-2H3. The molecule has 3 heteroatoms. The highest BCUT2D eigenvalue weighted by atomic mass is 16.3. The molecule has 1 aliphatic heterocycles. The third-order valence-electron chi connectivity index (χ3n) is 4.11. The van der Waals surface area contributed by atoms with Crippen LogP contribution in [0.2, 0.25) is 0 Å². The minimum atomic E-state index is -0.623. The third kappa shape index (κ3) is 2.69. The Hall–Kier alpha value is -2.13. The minimum absolute atomic E-state index is 0.0897. The monoisotopic (exact) mass is 281 g/mol. The summed E-state index contributed by atoms with van der Waals surface area (Å²) in [5, 5.41) is 10.5. The van der Waals surface area contributed by atoms with Crippen LogP contribution in [0.25, 0.3) is 0 Å². The van der Waals surface area contributed by atoms with Crippen LogP contribution in [-0.2, 0) is 17.9 Å². The molecule has 1 unspecified atom stereocenters. The zero-order chi connectivity index (χ0) is 15.0. The largest absolute Gasteiger partial charge is 0.384 e. The molecule has 108 valence electrons. The molecule has 1 heterocycles. The van der Waals surface area contributed by atoms with Crippen molar-refractivity contribution in [1.29, 1.82) is 0 Å². The van der Waals surface area contributed by atoms with Gasteiger partial charge in [0.05, 0.1) is 0 Å². The molecule has 1 N–H and O–H groups in total. The van der Waals surface area contributed by atoms with E-state index < -0.39 is 6.10 Å². The van der Waals surface area contributed by atoms with E-state index in [4.69, 9.17) is 0 Å². The van der Waals surface area contributed by atoms with Crippen LogP contribution < -0.4 is 0 Å². The van der Waals surface area contributed by atoms with Gasteiger partial charge < -0.3 is 10.0 Å². The smallest absolute Gasteiger partial charge is 0.220 e. The number of aliphatic hydroxyl groups is 1. The number of carbonyl (C=O) groups is 1. The number of fused-ring (bicyclic) bond motifs is 1. The minimum Gasteiger partial charge on any atom is -0.384 e. The molecule has 0 spiro atoms. The maximum absolute atomic E-state index is 11.5. The SMILES string of the molecule is CC(=O)N1Cc2ccc(C(O)c3ccc(C)cc3)cc2C1. The lowest BCUT2D eigenvalue weighted by Crippen LogP contribution is -2.21. The van der Waals surface area contributed by atoms with Crippen molar-refractivity contribution in [2.75, 3.05) is 0 Å². The number of aryl methyl sites for hydroxylation is 1. The normalized spacial score (nSPS) is 14.9. The van der Waals surface area contributed by atoms with E-state index in [0.717, 1.165) is 16.7 Å². The summed E-state index contributed by atoms with van der Waals surface area (Å²) in [4.78, 5) is 13.3. The van der Waals surface area contributed by atoms with Crippen molar-refractivity contribution in [3.05, 3.63) is 70.3 Å². The van der Waals surface area contributed by atoms with Gasteiger partial charge in [-0.3, -0.25) is 4.79 Å². The maximum atomic E-state index is 11.5. The van der Waals surface area contributed by atoms with E-state index >= 15 is 0 Å². The van der Waals surface area contributed by atoms with Gasteiger partial charge in [-0.1, -0.05) is 48.0 Å². The second-order valence-electron chi connectivity index (χ2n) is 5.72. The average Bonchev–Trinajstić information content (AvgIpc) is 2.90. The molecule has 0 aromatic heterocycles. The predicted octanol–water partition coefficient (Wildman–Crippen LogP) is 2.94. The van der Waals surface area contributed by atoms with Crippen molar-refractivity contribution >= 4 is 5.91 Å². The molecule has 3 nitrogen and oxygen atoms in total. The van der Waals surface area contributed by atoms with E-state index in [1.54, 1.807) is 6.92 Å². The molecule has 21 heavy (non-hydrogen) atoms. The third-order valence-corrected chi connectivity index (χ3v) is 4.11. The summed E-state index contributed by atoms with van der Waals surface area (Å²) in [6.45, 7) is 4.93. The molecule has 2 aromatic carbocycles. The number of aliphatic hydroxyl groups excluding tert-OH is 1. The lowest BCUT2D eigenvalue weighted by Gasteiger charge is -2.13. The topological polar surface area (TPSA) is 40.5 Å². The van der Waals surface area contributed by atoms with Crippen molar-refractivity contribution in [3.63, 3.8) is 0 Å². The lowest BCUT2D eigenvalue weighted by atomic mass is 9.97. The van der Waals surface area contributed by atoms with Gasteiger partial charge in [0, 0.05) is 20.0 Å². The van der Waals surface area contributed by atoms with Gasteiger partial charge in [0.1, 0.15) is 6.10 Å². The van der Waals surface area contributed by atoms with Crippen LogP contribution in [0.1, 0.15) is 40.8 Å². The molecule has 0 saturated heterocycles. The van der Waals surface area contributed by atoms with Gasteiger partial charge >= 0.3 is 0 Å². The van der Waals surface area contributed by atoms with Crippen molar-refractivity contribution in [1.82, 2.24) is 4.90 Å². The first kappa shape index (κ1) is 13.8. The van der Waals surface area contributed by atoms with Crippen LogP contribution in [-0.4, -0.2) is 15.9 Å². The molecule has 0 fully saturated rings. The molecule has 0 radical (unpaired) electrons. The molecule has 0 aliphatic carbocycles. The van der Waals surface area contributed by atoms with Gasteiger partial charge in [0.2, 0.25) is 5.91 Å². The summed E-state index contributed by atoms with van der Waals surface area (Å²) >= 11 is 0. The number of benzene rings is 2. The Morgan fingerprint density at radius 2 is 1.67 bits per heavy atom. The molecular formula is C18H19NO2. The second kappa shape index (κ2) is 5.34. The number of nitrogens with zero attached hydrogens (tertiary/aromatic N) is 1. The quantitative estimate of drug-likeness (QED) is 0.919. The van der Waals surface area contributed by atoms with Crippen LogP contribution >= 0.6 is 0 Å². The van der Waals surface area contributed by atoms with Crippen molar-refractivity contribution < 1.29 is 9.90 Å².